The van der Waals surface area contributed by atoms with Crippen LogP contribution in [0.4, 0.5) is 0 Å². The minimum atomic E-state index is -2.00. The monoisotopic (exact) mass is 345 g/mol. The second-order valence-corrected chi connectivity index (χ2v) is 15.0. The molecule has 0 spiro atoms. The maximum atomic E-state index is 6.24. The molecule has 1 atom stereocenters. The first-order valence-corrected chi connectivity index (χ1v) is 14.8. The van der Waals surface area contributed by atoms with Gasteiger partial charge in [-0.2, -0.15) is 0 Å². The van der Waals surface area contributed by atoms with Crippen molar-refractivity contribution in [3.8, 4) is 0 Å². The maximum absolute atomic E-state index is 6.24. The van der Waals surface area contributed by atoms with Crippen molar-refractivity contribution in [1.29, 1.82) is 0 Å². The molecule has 5 heteroatoms. The molecule has 1 aliphatic carbocycles. The third-order valence-corrected chi connectivity index (χ3v) is 8.78. The van der Waals surface area contributed by atoms with Gasteiger partial charge < -0.3 is 8.85 Å². The van der Waals surface area contributed by atoms with Crippen molar-refractivity contribution in [2.45, 2.75) is 90.1 Å². The Labute approximate surface area is 141 Å². The van der Waals surface area contributed by atoms with Gasteiger partial charge in [-0.25, -0.2) is 0 Å². The van der Waals surface area contributed by atoms with Gasteiger partial charge in [-0.3, -0.25) is 4.90 Å². The Morgan fingerprint density at radius 2 is 1.73 bits per heavy atom. The van der Waals surface area contributed by atoms with Crippen LogP contribution in [0.25, 0.3) is 0 Å². The van der Waals surface area contributed by atoms with Crippen LogP contribution >= 0.6 is 0 Å². The number of hydrogen-bond donors (Lipinski definition) is 0. The molecule has 0 bridgehead atoms. The highest BCUT2D eigenvalue weighted by molar-refractivity contribution is 6.67. The van der Waals surface area contributed by atoms with Gasteiger partial charge in [0.15, 0.2) is 0 Å². The van der Waals surface area contributed by atoms with Gasteiger partial charge in [0.25, 0.3) is 0 Å². The quantitative estimate of drug-likeness (QED) is 0.616. The lowest BCUT2D eigenvalue weighted by atomic mass is 9.91. The highest BCUT2D eigenvalue weighted by atomic mass is 28.4. The predicted octanol–water partition coefficient (Wildman–Crippen LogP) is 4.18. The fourth-order valence-electron chi connectivity index (χ4n) is 3.36. The predicted molar refractivity (Wildman–Crippen MR) is 102 cm³/mol. The summed E-state index contributed by atoms with van der Waals surface area (Å²) in [5.74, 6) is 0. The fraction of sp³-hybridized carbons (Fsp3) is 1.00. The van der Waals surface area contributed by atoms with Crippen LogP contribution in [-0.4, -0.2) is 53.7 Å². The third-order valence-electron chi connectivity index (χ3n) is 4.84. The molecule has 0 aromatic rings. The molecule has 132 valence electrons. The second kappa shape index (κ2) is 8.97. The standard InChI is InChI=1S/C17H39NO2Si2/c1-17(2,3)18(16-11-9-8-10-12-16)13-14-22(7,19-4)20-15-21(5)6/h16,21H,8-15H2,1-7H3. The van der Waals surface area contributed by atoms with Gasteiger partial charge in [0.1, 0.15) is 0 Å². The Morgan fingerprint density at radius 1 is 1.14 bits per heavy atom. The molecule has 0 amide bonds. The van der Waals surface area contributed by atoms with Gasteiger partial charge in [-0.05, 0) is 40.2 Å². The van der Waals surface area contributed by atoms with Crippen LogP contribution in [0, 0.1) is 0 Å². The molecule has 0 aliphatic heterocycles. The number of nitrogens with zero attached hydrogens (tertiary/aromatic N) is 1. The maximum Gasteiger partial charge on any atom is 0.335 e. The normalized spacial score (nSPS) is 20.6. The first kappa shape index (κ1) is 20.4. The SMILES string of the molecule is CO[Si](C)(CCN(C1CCCCC1)C(C)(C)C)OC[SiH](C)C. The second-order valence-electron chi connectivity index (χ2n) is 8.45. The van der Waals surface area contributed by atoms with E-state index < -0.39 is 17.4 Å². The first-order valence-electron chi connectivity index (χ1n) is 9.14. The van der Waals surface area contributed by atoms with Crippen LogP contribution in [0.1, 0.15) is 52.9 Å². The molecule has 1 aliphatic rings. The van der Waals surface area contributed by atoms with E-state index in [1.165, 1.54) is 32.1 Å². The van der Waals surface area contributed by atoms with Crippen LogP contribution in [0.5, 0.6) is 0 Å². The molecular weight excluding hydrogens is 306 g/mol. The molecule has 0 N–H and O–H groups in total. The molecule has 0 saturated heterocycles. The van der Waals surface area contributed by atoms with Crippen LogP contribution in [0.2, 0.25) is 25.7 Å². The molecule has 22 heavy (non-hydrogen) atoms. The Balaban J connectivity index is 2.64. The summed E-state index contributed by atoms with van der Waals surface area (Å²) in [6.07, 6.45) is 7.89. The molecular formula is C17H39NO2Si2. The average molecular weight is 346 g/mol. The van der Waals surface area contributed by atoms with Crippen molar-refractivity contribution in [2.24, 2.45) is 0 Å². The Kier molecular flexibility index (Phi) is 8.30. The number of rotatable bonds is 8. The van der Waals surface area contributed by atoms with Gasteiger partial charge in [-0.1, -0.05) is 32.4 Å². The van der Waals surface area contributed by atoms with E-state index in [4.69, 9.17) is 8.85 Å². The van der Waals surface area contributed by atoms with E-state index in [9.17, 15) is 0 Å². The molecule has 1 rings (SSSR count). The van der Waals surface area contributed by atoms with Crippen molar-refractivity contribution in [2.75, 3.05) is 19.9 Å². The average Bonchev–Trinajstić information content (AvgIpc) is 2.45. The van der Waals surface area contributed by atoms with Crippen molar-refractivity contribution in [1.82, 2.24) is 4.90 Å². The summed E-state index contributed by atoms with van der Waals surface area (Å²) < 4.78 is 12.1. The van der Waals surface area contributed by atoms with Crippen LogP contribution < -0.4 is 0 Å². The molecule has 0 heterocycles. The van der Waals surface area contributed by atoms with E-state index in [-0.39, 0.29) is 5.54 Å². The van der Waals surface area contributed by atoms with Gasteiger partial charge in [0.2, 0.25) is 0 Å². The topological polar surface area (TPSA) is 21.7 Å². The summed E-state index contributed by atoms with van der Waals surface area (Å²) in [6, 6.07) is 1.83. The highest BCUT2D eigenvalue weighted by Gasteiger charge is 2.35. The van der Waals surface area contributed by atoms with Crippen LogP contribution in [-0.2, 0) is 8.85 Å². The molecule has 1 fully saturated rings. The molecule has 0 radical (unpaired) electrons. The minimum Gasteiger partial charge on any atom is -0.398 e. The largest absolute Gasteiger partial charge is 0.398 e. The van der Waals surface area contributed by atoms with E-state index in [0.717, 1.165) is 24.9 Å². The summed E-state index contributed by atoms with van der Waals surface area (Å²) in [6.45, 7) is 15.1. The van der Waals surface area contributed by atoms with Crippen molar-refractivity contribution in [3.63, 3.8) is 0 Å². The zero-order valence-corrected chi connectivity index (χ0v) is 18.2. The Hall–Kier alpha value is 0.314. The first-order chi connectivity index (χ1) is 10.2. The van der Waals surface area contributed by atoms with E-state index >= 15 is 0 Å². The molecule has 1 saturated carbocycles. The van der Waals surface area contributed by atoms with Gasteiger partial charge in [0, 0.05) is 37.5 Å². The molecule has 3 nitrogen and oxygen atoms in total. The zero-order valence-electron chi connectivity index (χ0n) is 16.1. The van der Waals surface area contributed by atoms with E-state index in [1.54, 1.807) is 0 Å². The summed E-state index contributed by atoms with van der Waals surface area (Å²) in [5, 5.41) is 0. The Morgan fingerprint density at radius 3 is 2.18 bits per heavy atom. The zero-order chi connectivity index (χ0) is 16.8. The molecule has 0 aromatic heterocycles. The minimum absolute atomic E-state index is 0.234. The van der Waals surface area contributed by atoms with Crippen molar-refractivity contribution in [3.05, 3.63) is 0 Å². The van der Waals surface area contributed by atoms with Crippen LogP contribution in [0.3, 0.4) is 0 Å². The van der Waals surface area contributed by atoms with Crippen LogP contribution in [0.15, 0.2) is 0 Å². The summed E-state index contributed by atoms with van der Waals surface area (Å²) >= 11 is 0. The smallest absolute Gasteiger partial charge is 0.335 e. The highest BCUT2D eigenvalue weighted by Crippen LogP contribution is 2.29. The lowest BCUT2D eigenvalue weighted by Gasteiger charge is -2.44. The van der Waals surface area contributed by atoms with E-state index in [0.29, 0.717) is 0 Å². The van der Waals surface area contributed by atoms with Crippen molar-refractivity contribution < 1.29 is 8.85 Å². The molecule has 1 unspecified atom stereocenters. The number of hydrogen-bond acceptors (Lipinski definition) is 3. The summed E-state index contributed by atoms with van der Waals surface area (Å²) in [4.78, 5) is 2.73. The third kappa shape index (κ3) is 6.83. The van der Waals surface area contributed by atoms with Gasteiger partial charge in [0.05, 0.1) is 8.80 Å². The lowest BCUT2D eigenvalue weighted by molar-refractivity contribution is 0.0629. The fourth-order valence-corrected chi connectivity index (χ4v) is 7.22. The summed E-state index contributed by atoms with van der Waals surface area (Å²) in [7, 11) is -0.831. The Bertz CT molecular complexity index is 314. The van der Waals surface area contributed by atoms with Crippen molar-refractivity contribution >= 4 is 17.4 Å². The van der Waals surface area contributed by atoms with E-state index in [2.05, 4.69) is 45.3 Å². The van der Waals surface area contributed by atoms with Gasteiger partial charge in [-0.15, -0.1) is 0 Å². The summed E-state index contributed by atoms with van der Waals surface area (Å²) in [5.41, 5.74) is 0.234. The van der Waals surface area contributed by atoms with E-state index in [1.807, 2.05) is 7.11 Å². The lowest BCUT2D eigenvalue weighted by Crippen LogP contribution is -2.52. The molecule has 0 aromatic carbocycles. The van der Waals surface area contributed by atoms with Gasteiger partial charge >= 0.3 is 8.56 Å².